The van der Waals surface area contributed by atoms with Crippen LogP contribution in [0.2, 0.25) is 0 Å². The van der Waals surface area contributed by atoms with Crippen molar-refractivity contribution in [2.24, 2.45) is 0 Å². The molecule has 0 unspecified atom stereocenters. The van der Waals surface area contributed by atoms with Gasteiger partial charge >= 0.3 is 0 Å². The Kier molecular flexibility index (Phi) is 9.63. The number of halogens is 1. The average Bonchev–Trinajstić information content (AvgIpc) is 2.91. The number of rotatable bonds is 11. The summed E-state index contributed by atoms with van der Waals surface area (Å²) < 4.78 is 42.1. The van der Waals surface area contributed by atoms with E-state index >= 15 is 0 Å². The Hall–Kier alpha value is -3.72. The Morgan fingerprint density at radius 1 is 0.921 bits per heavy atom. The second-order valence-corrected chi connectivity index (χ2v) is 11.2. The molecule has 0 radical (unpaired) electrons. The lowest BCUT2D eigenvalue weighted by Gasteiger charge is -2.32. The predicted molar refractivity (Wildman–Crippen MR) is 146 cm³/mol. The molecule has 0 saturated carbocycles. The number of amides is 2. The van der Waals surface area contributed by atoms with Crippen molar-refractivity contribution >= 4 is 27.5 Å². The van der Waals surface area contributed by atoms with Gasteiger partial charge in [-0.1, -0.05) is 55.0 Å². The van der Waals surface area contributed by atoms with Gasteiger partial charge in [-0.15, -0.1) is 0 Å². The van der Waals surface area contributed by atoms with E-state index in [9.17, 15) is 22.4 Å². The third kappa shape index (κ3) is 7.19. The molecule has 7 nitrogen and oxygen atoms in total. The van der Waals surface area contributed by atoms with Crippen molar-refractivity contribution in [2.45, 2.75) is 57.6 Å². The minimum atomic E-state index is -4.19. The van der Waals surface area contributed by atoms with Gasteiger partial charge < -0.3 is 10.2 Å². The van der Waals surface area contributed by atoms with Crippen molar-refractivity contribution in [3.8, 4) is 0 Å². The van der Waals surface area contributed by atoms with Gasteiger partial charge in [-0.3, -0.25) is 13.9 Å². The van der Waals surface area contributed by atoms with Crippen LogP contribution in [-0.2, 0) is 26.2 Å². The lowest BCUT2D eigenvalue weighted by Crippen LogP contribution is -2.52. The molecular formula is C29H34FN3O4S. The molecule has 2 atom stereocenters. The van der Waals surface area contributed by atoms with Crippen LogP contribution in [0.3, 0.4) is 0 Å². The number of hydrogen-bond donors (Lipinski definition) is 1. The molecule has 0 heterocycles. The monoisotopic (exact) mass is 539 g/mol. The number of anilines is 1. The van der Waals surface area contributed by atoms with Crippen molar-refractivity contribution < 1.29 is 22.4 Å². The molecule has 0 saturated heterocycles. The number of carbonyl (C=O) groups is 2. The Balaban J connectivity index is 2.00. The van der Waals surface area contributed by atoms with Crippen molar-refractivity contribution in [3.05, 3.63) is 95.8 Å². The summed E-state index contributed by atoms with van der Waals surface area (Å²) in [4.78, 5) is 28.2. The first-order valence-electron chi connectivity index (χ1n) is 12.5. The summed E-state index contributed by atoms with van der Waals surface area (Å²) in [6.07, 6.45) is 0.720. The van der Waals surface area contributed by atoms with Gasteiger partial charge in [0.1, 0.15) is 18.4 Å². The quantitative estimate of drug-likeness (QED) is 0.384. The number of nitrogens with zero attached hydrogens (tertiary/aromatic N) is 2. The SMILES string of the molecule is CC[C@H](C)NC(=O)[C@H](C)N(Cc1ccccc1)C(=O)CN(c1ccc(F)cc1)S(=O)(=O)c1ccc(C)cc1. The van der Waals surface area contributed by atoms with Crippen molar-refractivity contribution in [1.29, 1.82) is 0 Å². The molecule has 0 spiro atoms. The molecule has 3 rings (SSSR count). The summed E-state index contributed by atoms with van der Waals surface area (Å²) in [6, 6.07) is 19.4. The predicted octanol–water partition coefficient (Wildman–Crippen LogP) is 4.66. The summed E-state index contributed by atoms with van der Waals surface area (Å²) in [5, 5.41) is 2.90. The van der Waals surface area contributed by atoms with E-state index in [1.807, 2.05) is 51.1 Å². The summed E-state index contributed by atoms with van der Waals surface area (Å²) in [5.74, 6) is -1.44. The first kappa shape index (κ1) is 28.8. The van der Waals surface area contributed by atoms with Gasteiger partial charge in [0.15, 0.2) is 0 Å². The van der Waals surface area contributed by atoms with Gasteiger partial charge in [0, 0.05) is 12.6 Å². The third-order valence-corrected chi connectivity index (χ3v) is 8.15. The minimum absolute atomic E-state index is 0.00241. The van der Waals surface area contributed by atoms with Crippen LogP contribution in [0.5, 0.6) is 0 Å². The largest absolute Gasteiger partial charge is 0.352 e. The molecule has 0 aliphatic carbocycles. The highest BCUT2D eigenvalue weighted by molar-refractivity contribution is 7.92. The van der Waals surface area contributed by atoms with E-state index in [0.29, 0.717) is 0 Å². The third-order valence-electron chi connectivity index (χ3n) is 6.37. The average molecular weight is 540 g/mol. The number of carbonyl (C=O) groups excluding carboxylic acids is 2. The Labute approximate surface area is 224 Å². The molecule has 0 aliphatic rings. The van der Waals surface area contributed by atoms with E-state index in [1.54, 1.807) is 19.1 Å². The maximum Gasteiger partial charge on any atom is 0.264 e. The number of sulfonamides is 1. The van der Waals surface area contributed by atoms with Crippen LogP contribution in [0.4, 0.5) is 10.1 Å². The number of benzene rings is 3. The molecular weight excluding hydrogens is 505 g/mol. The Morgan fingerprint density at radius 3 is 2.11 bits per heavy atom. The Bertz CT molecular complexity index is 1330. The van der Waals surface area contributed by atoms with E-state index in [1.165, 1.54) is 29.2 Å². The van der Waals surface area contributed by atoms with E-state index in [0.717, 1.165) is 34.0 Å². The van der Waals surface area contributed by atoms with Crippen LogP contribution < -0.4 is 9.62 Å². The van der Waals surface area contributed by atoms with E-state index in [2.05, 4.69) is 5.32 Å². The number of aryl methyl sites for hydroxylation is 1. The molecule has 0 aromatic heterocycles. The molecule has 0 bridgehead atoms. The zero-order chi connectivity index (χ0) is 27.9. The summed E-state index contributed by atoms with van der Waals surface area (Å²) in [6.45, 7) is 6.81. The summed E-state index contributed by atoms with van der Waals surface area (Å²) >= 11 is 0. The normalized spacial score (nSPS) is 12.9. The van der Waals surface area contributed by atoms with Crippen molar-refractivity contribution in [3.63, 3.8) is 0 Å². The second kappa shape index (κ2) is 12.7. The van der Waals surface area contributed by atoms with Crippen LogP contribution in [-0.4, -0.2) is 43.8 Å². The van der Waals surface area contributed by atoms with E-state index < -0.39 is 34.3 Å². The highest BCUT2D eigenvalue weighted by Gasteiger charge is 2.32. The van der Waals surface area contributed by atoms with E-state index in [4.69, 9.17) is 0 Å². The number of hydrogen-bond acceptors (Lipinski definition) is 4. The van der Waals surface area contributed by atoms with Crippen LogP contribution in [0.25, 0.3) is 0 Å². The number of nitrogens with one attached hydrogen (secondary N) is 1. The highest BCUT2D eigenvalue weighted by atomic mass is 32.2. The van der Waals surface area contributed by atoms with Gasteiger partial charge in [0.25, 0.3) is 10.0 Å². The lowest BCUT2D eigenvalue weighted by molar-refractivity contribution is -0.139. The molecule has 38 heavy (non-hydrogen) atoms. The van der Waals surface area contributed by atoms with Gasteiger partial charge in [0.2, 0.25) is 11.8 Å². The smallest absolute Gasteiger partial charge is 0.264 e. The van der Waals surface area contributed by atoms with E-state index in [-0.39, 0.29) is 29.1 Å². The fraction of sp³-hybridized carbons (Fsp3) is 0.310. The van der Waals surface area contributed by atoms with Gasteiger partial charge in [-0.2, -0.15) is 0 Å². The fourth-order valence-electron chi connectivity index (χ4n) is 3.80. The highest BCUT2D eigenvalue weighted by Crippen LogP contribution is 2.25. The zero-order valence-corrected chi connectivity index (χ0v) is 22.9. The second-order valence-electron chi connectivity index (χ2n) is 9.30. The molecule has 3 aromatic rings. The van der Waals surface area contributed by atoms with Crippen molar-refractivity contribution in [1.82, 2.24) is 10.2 Å². The molecule has 0 fully saturated rings. The molecule has 1 N–H and O–H groups in total. The molecule has 3 aromatic carbocycles. The van der Waals surface area contributed by atoms with Crippen LogP contribution in [0, 0.1) is 12.7 Å². The van der Waals surface area contributed by atoms with Gasteiger partial charge in [0.05, 0.1) is 10.6 Å². The van der Waals surface area contributed by atoms with Crippen molar-refractivity contribution in [2.75, 3.05) is 10.8 Å². The van der Waals surface area contributed by atoms with Crippen LogP contribution in [0.15, 0.2) is 83.8 Å². The van der Waals surface area contributed by atoms with Gasteiger partial charge in [-0.05, 0) is 69.2 Å². The molecule has 9 heteroatoms. The molecule has 202 valence electrons. The first-order valence-corrected chi connectivity index (χ1v) is 14.0. The van der Waals surface area contributed by atoms with Crippen LogP contribution in [0.1, 0.15) is 38.3 Å². The topological polar surface area (TPSA) is 86.8 Å². The minimum Gasteiger partial charge on any atom is -0.352 e. The lowest BCUT2D eigenvalue weighted by atomic mass is 10.1. The molecule has 0 aliphatic heterocycles. The first-order chi connectivity index (χ1) is 18.0. The fourth-order valence-corrected chi connectivity index (χ4v) is 5.22. The standard InChI is InChI=1S/C29H34FN3O4S/c1-5-22(3)31-29(35)23(4)32(19-24-9-7-6-8-10-24)28(34)20-33(26-15-13-25(30)14-16-26)38(36,37)27-17-11-21(2)12-18-27/h6-18,22-23H,5,19-20H2,1-4H3,(H,31,35)/t22-,23-/m0/s1. The summed E-state index contributed by atoms with van der Waals surface area (Å²) in [5.41, 5.74) is 1.80. The van der Waals surface area contributed by atoms with Crippen LogP contribution >= 0.6 is 0 Å². The summed E-state index contributed by atoms with van der Waals surface area (Å²) in [7, 11) is -4.19. The zero-order valence-electron chi connectivity index (χ0n) is 22.1. The Morgan fingerprint density at radius 2 is 1.53 bits per heavy atom. The maximum absolute atomic E-state index is 13.8. The maximum atomic E-state index is 13.8. The van der Waals surface area contributed by atoms with Gasteiger partial charge in [-0.25, -0.2) is 12.8 Å². The molecule has 2 amide bonds.